The van der Waals surface area contributed by atoms with Gasteiger partial charge in [-0.2, -0.15) is 17.7 Å². The van der Waals surface area contributed by atoms with Crippen LogP contribution in [0.5, 0.6) is 11.9 Å². The van der Waals surface area contributed by atoms with Crippen LogP contribution in [0.1, 0.15) is 28.8 Å². The van der Waals surface area contributed by atoms with E-state index in [1.165, 1.54) is 49.1 Å². The van der Waals surface area contributed by atoms with E-state index >= 15 is 4.39 Å². The lowest BCUT2D eigenvalue weighted by Crippen LogP contribution is -2.33. The number of carbonyl (C=O) groups excluding carboxylic acids is 1. The maximum atomic E-state index is 15.4. The number of rotatable bonds is 8. The van der Waals surface area contributed by atoms with Crippen LogP contribution in [-0.4, -0.2) is 65.8 Å². The van der Waals surface area contributed by atoms with Crippen LogP contribution < -0.4 is 14.2 Å². The highest BCUT2D eigenvalue weighted by atomic mass is 32.2. The first kappa shape index (κ1) is 24.6. The number of nitrogens with one attached hydrogen (secondary N) is 2. The molecule has 1 saturated heterocycles. The molecule has 0 amide bonds. The molecule has 37 heavy (non-hydrogen) atoms. The van der Waals surface area contributed by atoms with E-state index in [0.29, 0.717) is 35.2 Å². The Kier molecular flexibility index (Phi) is 6.48. The van der Waals surface area contributed by atoms with Gasteiger partial charge in [0.25, 0.3) is 0 Å². The molecule has 192 valence electrons. The van der Waals surface area contributed by atoms with Crippen molar-refractivity contribution in [1.82, 2.24) is 24.2 Å². The molecule has 0 aliphatic carbocycles. The summed E-state index contributed by atoms with van der Waals surface area (Å²) in [6.45, 7) is 0.731. The summed E-state index contributed by atoms with van der Waals surface area (Å²) in [6, 6.07) is 5.84. The molecule has 1 aromatic carbocycles. The first-order valence-electron chi connectivity index (χ1n) is 11.4. The number of benzene rings is 1. The number of nitrogens with zero attached hydrogens (tertiary/aromatic N) is 4. The zero-order chi connectivity index (χ0) is 26.2. The molecular formula is C24H23FN6O5S. The molecule has 0 unspecified atom stereocenters. The Morgan fingerprint density at radius 2 is 1.89 bits per heavy atom. The second-order valence-corrected chi connectivity index (χ2v) is 9.98. The van der Waals surface area contributed by atoms with Gasteiger partial charge in [-0.1, -0.05) is 6.07 Å². The zero-order valence-corrected chi connectivity index (χ0v) is 20.8. The fraction of sp³-hybridized carbons (Fsp3) is 0.250. The number of aromatic amines is 1. The van der Waals surface area contributed by atoms with E-state index in [1.54, 1.807) is 12.3 Å². The van der Waals surface area contributed by atoms with Gasteiger partial charge in [-0.25, -0.2) is 14.4 Å². The Morgan fingerprint density at radius 1 is 1.11 bits per heavy atom. The van der Waals surface area contributed by atoms with Gasteiger partial charge in [-0.3, -0.25) is 9.52 Å². The average molecular weight is 527 g/mol. The molecule has 11 nitrogen and oxygen atoms in total. The first-order valence-corrected chi connectivity index (χ1v) is 12.8. The molecule has 0 bridgehead atoms. The Balaban J connectivity index is 1.51. The predicted octanol–water partition coefficient (Wildman–Crippen LogP) is 3.16. The number of pyridine rings is 1. The molecule has 0 spiro atoms. The van der Waals surface area contributed by atoms with Crippen molar-refractivity contribution in [2.24, 2.45) is 0 Å². The van der Waals surface area contributed by atoms with Gasteiger partial charge in [0.1, 0.15) is 5.65 Å². The van der Waals surface area contributed by atoms with Crippen LogP contribution in [-0.2, 0) is 10.2 Å². The third-order valence-electron chi connectivity index (χ3n) is 6.08. The van der Waals surface area contributed by atoms with Crippen LogP contribution in [0.25, 0.3) is 22.2 Å². The van der Waals surface area contributed by atoms with Gasteiger partial charge in [-0.05, 0) is 31.0 Å². The van der Waals surface area contributed by atoms with Crippen molar-refractivity contribution >= 4 is 32.7 Å². The van der Waals surface area contributed by atoms with Crippen molar-refractivity contribution in [2.45, 2.75) is 12.8 Å². The van der Waals surface area contributed by atoms with E-state index in [2.05, 4.69) is 24.7 Å². The zero-order valence-electron chi connectivity index (χ0n) is 20.0. The molecule has 4 aromatic rings. The molecule has 1 fully saturated rings. The third kappa shape index (κ3) is 4.58. The number of carbonyl (C=O) groups is 1. The number of methoxy groups -OCH3 is 2. The highest BCUT2D eigenvalue weighted by Crippen LogP contribution is 2.32. The third-order valence-corrected chi connectivity index (χ3v) is 7.60. The fourth-order valence-electron chi connectivity index (χ4n) is 4.20. The van der Waals surface area contributed by atoms with Crippen LogP contribution in [0.4, 0.5) is 10.1 Å². The van der Waals surface area contributed by atoms with Crippen molar-refractivity contribution in [1.29, 1.82) is 0 Å². The lowest BCUT2D eigenvalue weighted by atomic mass is 10.0. The van der Waals surface area contributed by atoms with Gasteiger partial charge >= 0.3 is 16.2 Å². The van der Waals surface area contributed by atoms with Gasteiger partial charge < -0.3 is 14.5 Å². The minimum Gasteiger partial charge on any atom is -0.480 e. The second-order valence-electron chi connectivity index (χ2n) is 8.31. The van der Waals surface area contributed by atoms with Crippen molar-refractivity contribution in [2.75, 3.05) is 32.0 Å². The number of hydrogen-bond acceptors (Lipinski definition) is 8. The number of H-pyrrole nitrogens is 1. The quantitative estimate of drug-likeness (QED) is 0.334. The van der Waals surface area contributed by atoms with E-state index in [-0.39, 0.29) is 28.7 Å². The summed E-state index contributed by atoms with van der Waals surface area (Å²) >= 11 is 0. The van der Waals surface area contributed by atoms with E-state index < -0.39 is 21.8 Å². The molecule has 3 aromatic heterocycles. The normalized spacial score (nSPS) is 14.1. The van der Waals surface area contributed by atoms with E-state index in [0.717, 1.165) is 12.8 Å². The fourth-order valence-corrected chi connectivity index (χ4v) is 5.51. The molecule has 1 aliphatic heterocycles. The van der Waals surface area contributed by atoms with Gasteiger partial charge in [0.2, 0.25) is 5.88 Å². The van der Waals surface area contributed by atoms with E-state index in [4.69, 9.17) is 9.47 Å². The van der Waals surface area contributed by atoms with Gasteiger partial charge in [0, 0.05) is 48.2 Å². The number of hydrogen-bond donors (Lipinski definition) is 2. The van der Waals surface area contributed by atoms with Crippen LogP contribution >= 0.6 is 0 Å². The highest BCUT2D eigenvalue weighted by molar-refractivity contribution is 7.90. The van der Waals surface area contributed by atoms with Crippen LogP contribution in [0.2, 0.25) is 0 Å². The number of aromatic nitrogens is 4. The Hall–Kier alpha value is -4.10. The topological polar surface area (TPSA) is 139 Å². The lowest BCUT2D eigenvalue weighted by molar-refractivity contribution is 0.103. The van der Waals surface area contributed by atoms with Crippen LogP contribution in [0, 0.1) is 5.82 Å². The largest absolute Gasteiger partial charge is 0.480 e. The highest BCUT2D eigenvalue weighted by Gasteiger charge is 2.28. The van der Waals surface area contributed by atoms with Crippen molar-refractivity contribution in [3.63, 3.8) is 0 Å². The smallest absolute Gasteiger partial charge is 0.319 e. The Bertz CT molecular complexity index is 1600. The molecule has 5 rings (SSSR count). The summed E-state index contributed by atoms with van der Waals surface area (Å²) in [6.07, 6.45) is 6.00. The van der Waals surface area contributed by atoms with Gasteiger partial charge in [-0.15, -0.1) is 0 Å². The molecule has 0 atom stereocenters. The average Bonchev–Trinajstić information content (AvgIpc) is 3.60. The molecular weight excluding hydrogens is 503 g/mol. The maximum absolute atomic E-state index is 15.4. The molecule has 1 aliphatic rings. The minimum absolute atomic E-state index is 0.128. The standard InChI is InChI=1S/C24H23FN6O5S/c1-35-23-17(12-28-24(29-23)36-2)14-10-16-18(13-27-22(16)26-11-14)21(32)15-6-5-7-19(20(15)25)30-37(33,34)31-8-3-4-9-31/h5-7,10-13,30H,3-4,8-9H2,1-2H3,(H,26,27). The summed E-state index contributed by atoms with van der Waals surface area (Å²) in [5.74, 6) is -1.35. The molecule has 13 heteroatoms. The minimum atomic E-state index is -3.93. The molecule has 2 N–H and O–H groups in total. The molecule has 0 radical (unpaired) electrons. The summed E-state index contributed by atoms with van der Waals surface area (Å²) < 4.78 is 54.6. The van der Waals surface area contributed by atoms with Crippen LogP contribution in [0.3, 0.4) is 0 Å². The van der Waals surface area contributed by atoms with E-state index in [1.807, 2.05) is 0 Å². The monoisotopic (exact) mass is 526 g/mol. The molecule has 0 saturated carbocycles. The Labute approximate surface area is 211 Å². The van der Waals surface area contributed by atoms with Crippen molar-refractivity contribution in [3.05, 3.63) is 59.8 Å². The summed E-state index contributed by atoms with van der Waals surface area (Å²) in [5, 5.41) is 0.433. The maximum Gasteiger partial charge on any atom is 0.319 e. The number of ketones is 1. The summed E-state index contributed by atoms with van der Waals surface area (Å²) in [5.41, 5.74) is 1.08. The Morgan fingerprint density at radius 3 is 2.62 bits per heavy atom. The van der Waals surface area contributed by atoms with Gasteiger partial charge in [0.05, 0.1) is 31.0 Å². The predicted molar refractivity (Wildman–Crippen MR) is 133 cm³/mol. The number of ether oxygens (including phenoxy) is 2. The van der Waals surface area contributed by atoms with Crippen molar-refractivity contribution < 1.29 is 27.1 Å². The number of fused-ring (bicyclic) bond motifs is 1. The SMILES string of the molecule is COc1ncc(-c2cnc3[nH]cc(C(=O)c4cccc(NS(=O)(=O)N5CCCC5)c4F)c3c2)c(OC)n1. The van der Waals surface area contributed by atoms with Gasteiger partial charge in [0.15, 0.2) is 11.6 Å². The lowest BCUT2D eigenvalue weighted by Gasteiger charge is -2.17. The summed E-state index contributed by atoms with van der Waals surface area (Å²) in [7, 11) is -1.04. The van der Waals surface area contributed by atoms with Crippen LogP contribution in [0.15, 0.2) is 42.9 Å². The number of anilines is 1. The molecule has 4 heterocycles. The van der Waals surface area contributed by atoms with Crippen molar-refractivity contribution in [3.8, 4) is 23.0 Å². The second kappa shape index (κ2) is 9.75. The summed E-state index contributed by atoms with van der Waals surface area (Å²) in [4.78, 5) is 29.0. The first-order chi connectivity index (χ1) is 17.8. The van der Waals surface area contributed by atoms with E-state index in [9.17, 15) is 13.2 Å². The number of halogens is 1.